The van der Waals surface area contributed by atoms with Crippen LogP contribution in [0.3, 0.4) is 0 Å². The van der Waals surface area contributed by atoms with Crippen LogP contribution in [0.2, 0.25) is 0 Å². The highest BCUT2D eigenvalue weighted by Crippen LogP contribution is 2.11. The summed E-state index contributed by atoms with van der Waals surface area (Å²) >= 11 is 0. The van der Waals surface area contributed by atoms with E-state index in [0.29, 0.717) is 12.1 Å². The fourth-order valence-electron chi connectivity index (χ4n) is 1.81. The summed E-state index contributed by atoms with van der Waals surface area (Å²) in [5.41, 5.74) is 1.17. The molecule has 0 bridgehead atoms. The van der Waals surface area contributed by atoms with E-state index in [1.165, 1.54) is 7.11 Å². The zero-order chi connectivity index (χ0) is 14.4. The van der Waals surface area contributed by atoms with Gasteiger partial charge in [0.2, 0.25) is 0 Å². The Morgan fingerprint density at radius 1 is 1.32 bits per heavy atom. The second kappa shape index (κ2) is 6.89. The number of carbonyl (C=O) groups is 2. The van der Waals surface area contributed by atoms with Gasteiger partial charge in [-0.1, -0.05) is 32.0 Å². The van der Waals surface area contributed by atoms with Gasteiger partial charge in [0.05, 0.1) is 12.7 Å². The maximum absolute atomic E-state index is 11.6. The van der Waals surface area contributed by atoms with Gasteiger partial charge in [-0.2, -0.15) is 0 Å². The summed E-state index contributed by atoms with van der Waals surface area (Å²) < 4.78 is 4.70. The lowest BCUT2D eigenvalue weighted by Gasteiger charge is -2.18. The van der Waals surface area contributed by atoms with E-state index >= 15 is 0 Å². The Morgan fingerprint density at radius 3 is 2.47 bits per heavy atom. The number of hydrogen-bond donors (Lipinski definition) is 2. The summed E-state index contributed by atoms with van der Waals surface area (Å²) in [7, 11) is 1.32. The van der Waals surface area contributed by atoms with Crippen LogP contribution in [0, 0.1) is 5.92 Å². The van der Waals surface area contributed by atoms with Gasteiger partial charge in [0.15, 0.2) is 0 Å². The molecule has 0 aliphatic carbocycles. The molecule has 0 radical (unpaired) electrons. The van der Waals surface area contributed by atoms with Crippen LogP contribution in [0.1, 0.15) is 29.8 Å². The molecule has 0 spiro atoms. The largest absolute Gasteiger partial charge is 0.480 e. The summed E-state index contributed by atoms with van der Waals surface area (Å²) in [6.45, 7) is 3.97. The summed E-state index contributed by atoms with van der Waals surface area (Å²) in [4.78, 5) is 22.7. The molecule has 1 unspecified atom stereocenters. The van der Waals surface area contributed by atoms with Gasteiger partial charge in [0.25, 0.3) is 0 Å². The molecule has 0 aliphatic rings. The molecule has 0 saturated carbocycles. The molecule has 2 N–H and O–H groups in total. The number of benzene rings is 1. The van der Waals surface area contributed by atoms with Gasteiger partial charge < -0.3 is 15.2 Å². The van der Waals surface area contributed by atoms with Gasteiger partial charge in [-0.25, -0.2) is 4.79 Å². The van der Waals surface area contributed by atoms with E-state index in [1.54, 1.807) is 24.3 Å². The quantitative estimate of drug-likeness (QED) is 0.765. The third kappa shape index (κ3) is 4.06. The zero-order valence-corrected chi connectivity index (χ0v) is 11.3. The molecule has 19 heavy (non-hydrogen) atoms. The molecule has 0 saturated heterocycles. The van der Waals surface area contributed by atoms with Gasteiger partial charge in [-0.05, 0) is 17.5 Å². The van der Waals surface area contributed by atoms with Gasteiger partial charge >= 0.3 is 11.9 Å². The van der Waals surface area contributed by atoms with Crippen molar-refractivity contribution in [1.82, 2.24) is 5.32 Å². The van der Waals surface area contributed by atoms with E-state index in [1.807, 2.05) is 13.8 Å². The van der Waals surface area contributed by atoms with Crippen LogP contribution in [0.25, 0.3) is 0 Å². The minimum atomic E-state index is -0.898. The van der Waals surface area contributed by atoms with E-state index in [0.717, 1.165) is 5.56 Å². The van der Waals surface area contributed by atoms with Crippen molar-refractivity contribution in [2.24, 2.45) is 5.92 Å². The molecule has 0 aliphatic heterocycles. The maximum atomic E-state index is 11.6. The Hall–Kier alpha value is -1.88. The van der Waals surface area contributed by atoms with Crippen LogP contribution >= 0.6 is 0 Å². The van der Waals surface area contributed by atoms with Gasteiger partial charge in [-0.3, -0.25) is 4.79 Å². The third-order valence-corrected chi connectivity index (χ3v) is 2.87. The van der Waals surface area contributed by atoms with Crippen molar-refractivity contribution < 1.29 is 19.4 Å². The molecule has 1 rings (SSSR count). The highest BCUT2D eigenvalue weighted by molar-refractivity contribution is 5.91. The van der Waals surface area contributed by atoms with E-state index in [-0.39, 0.29) is 5.92 Å². The molecule has 0 amide bonds. The second-order valence-electron chi connectivity index (χ2n) is 4.59. The van der Waals surface area contributed by atoms with Gasteiger partial charge in [0, 0.05) is 6.54 Å². The normalized spacial score (nSPS) is 12.2. The van der Waals surface area contributed by atoms with Crippen molar-refractivity contribution in [3.8, 4) is 0 Å². The van der Waals surface area contributed by atoms with Crippen molar-refractivity contribution in [1.29, 1.82) is 0 Å². The summed E-state index contributed by atoms with van der Waals surface area (Å²) in [6.07, 6.45) is 0. The van der Waals surface area contributed by atoms with Crippen LogP contribution in [0.4, 0.5) is 0 Å². The van der Waals surface area contributed by atoms with Crippen molar-refractivity contribution in [3.05, 3.63) is 35.4 Å². The Kier molecular flexibility index (Phi) is 5.51. The molecule has 5 nitrogen and oxygen atoms in total. The number of carbonyl (C=O) groups excluding carboxylic acids is 1. The first kappa shape index (κ1) is 15.2. The number of nitrogens with one attached hydrogen (secondary N) is 1. The third-order valence-electron chi connectivity index (χ3n) is 2.87. The van der Waals surface area contributed by atoms with Crippen molar-refractivity contribution >= 4 is 11.9 Å². The van der Waals surface area contributed by atoms with Crippen LogP contribution in [0.15, 0.2) is 24.3 Å². The highest BCUT2D eigenvalue weighted by atomic mass is 16.5. The molecular formula is C14H19NO4. The average Bonchev–Trinajstić information content (AvgIpc) is 2.37. The van der Waals surface area contributed by atoms with Gasteiger partial charge in [0.1, 0.15) is 6.04 Å². The predicted molar refractivity (Wildman–Crippen MR) is 70.9 cm³/mol. The fraction of sp³-hybridized carbons (Fsp3) is 0.429. The molecule has 0 aromatic heterocycles. The first-order valence-corrected chi connectivity index (χ1v) is 6.09. The summed E-state index contributed by atoms with van der Waals surface area (Å²) in [6, 6.07) is 6.33. The predicted octanol–water partition coefficient (Wildman–Crippen LogP) is 1.67. The number of ether oxygens (including phenoxy) is 1. The number of rotatable bonds is 6. The average molecular weight is 265 g/mol. The molecule has 0 heterocycles. The Balaban J connectivity index is 2.82. The number of hydrogen-bond acceptors (Lipinski definition) is 4. The Bertz CT molecular complexity index is 457. The fourth-order valence-corrected chi connectivity index (χ4v) is 1.81. The second-order valence-corrected chi connectivity index (χ2v) is 4.59. The monoisotopic (exact) mass is 265 g/mol. The van der Waals surface area contributed by atoms with Crippen LogP contribution < -0.4 is 5.32 Å². The van der Waals surface area contributed by atoms with Crippen molar-refractivity contribution in [2.45, 2.75) is 26.4 Å². The van der Waals surface area contributed by atoms with E-state index in [4.69, 9.17) is 9.84 Å². The Morgan fingerprint density at radius 2 is 1.95 bits per heavy atom. The lowest BCUT2D eigenvalue weighted by molar-refractivity contribution is -0.140. The van der Waals surface area contributed by atoms with Crippen molar-refractivity contribution in [3.63, 3.8) is 0 Å². The van der Waals surface area contributed by atoms with Gasteiger partial charge in [-0.15, -0.1) is 0 Å². The minimum Gasteiger partial charge on any atom is -0.480 e. The smallest absolute Gasteiger partial charge is 0.338 e. The zero-order valence-electron chi connectivity index (χ0n) is 11.3. The first-order chi connectivity index (χ1) is 8.97. The molecule has 1 aromatic carbocycles. The van der Waals surface area contributed by atoms with E-state index in [2.05, 4.69) is 5.32 Å². The molecule has 104 valence electrons. The number of methoxy groups -OCH3 is 1. The summed E-state index contributed by atoms with van der Waals surface area (Å²) in [5.74, 6) is -1.36. The van der Waals surface area contributed by atoms with Crippen molar-refractivity contribution in [2.75, 3.05) is 7.11 Å². The number of carboxylic acids is 1. The number of esters is 1. The number of carboxylic acid groups (broad SMARTS) is 1. The molecule has 0 fully saturated rings. The Labute approximate surface area is 112 Å². The maximum Gasteiger partial charge on any atom is 0.338 e. The lowest BCUT2D eigenvalue weighted by atomic mass is 10.0. The molecular weight excluding hydrogens is 246 g/mol. The van der Waals surface area contributed by atoms with Crippen LogP contribution in [-0.4, -0.2) is 30.2 Å². The SMILES string of the molecule is COC(=O)c1ccccc1CNC(C(=O)O)C(C)C. The first-order valence-electron chi connectivity index (χ1n) is 6.09. The molecule has 5 heteroatoms. The molecule has 1 aromatic rings. The van der Waals surface area contributed by atoms with Crippen LogP contribution in [-0.2, 0) is 16.1 Å². The lowest BCUT2D eigenvalue weighted by Crippen LogP contribution is -2.40. The number of aliphatic carboxylic acids is 1. The van der Waals surface area contributed by atoms with E-state index in [9.17, 15) is 9.59 Å². The molecule has 1 atom stereocenters. The topological polar surface area (TPSA) is 75.6 Å². The summed E-state index contributed by atoms with van der Waals surface area (Å²) in [5, 5.41) is 12.0. The van der Waals surface area contributed by atoms with E-state index < -0.39 is 18.0 Å². The highest BCUT2D eigenvalue weighted by Gasteiger charge is 2.21. The minimum absolute atomic E-state index is 0.0391. The van der Waals surface area contributed by atoms with Crippen LogP contribution in [0.5, 0.6) is 0 Å². The standard InChI is InChI=1S/C14H19NO4/c1-9(2)12(13(16)17)15-8-10-6-4-5-7-11(10)14(18)19-3/h4-7,9,12,15H,8H2,1-3H3,(H,16,17).